The van der Waals surface area contributed by atoms with E-state index in [1.165, 1.54) is 0 Å². The molecular formula is C40H48F4N14O2. The van der Waals surface area contributed by atoms with Crippen LogP contribution in [0.5, 0.6) is 5.75 Å². The van der Waals surface area contributed by atoms with Crippen LogP contribution >= 0.6 is 0 Å². The molecule has 0 spiro atoms. The Bertz CT molecular complexity index is 2400. The first-order chi connectivity index (χ1) is 28.7. The zero-order valence-electron chi connectivity index (χ0n) is 33.9. The SMILES string of the molecule is Cc1cc(C)n(-c2cc(OCc3cnn(CCc4cc(C)nn4-c4cc(NCc5nnc(C)o5)cc(NC5CCC(F)(F)CC5)n4)n3)cc(NC3CCC(F)(F)CC3)n2)n1. The van der Waals surface area contributed by atoms with Crippen molar-refractivity contribution in [2.75, 3.05) is 16.0 Å². The Morgan fingerprint density at radius 1 is 0.750 bits per heavy atom. The molecular weight excluding hydrogens is 785 g/mol. The molecule has 2 fully saturated rings. The number of alkyl halides is 4. The molecule has 0 saturated heterocycles. The predicted octanol–water partition coefficient (Wildman–Crippen LogP) is 7.47. The molecule has 16 nitrogen and oxygen atoms in total. The van der Waals surface area contributed by atoms with Crippen LogP contribution in [0.15, 0.2) is 47.0 Å². The normalized spacial score (nSPS) is 16.9. The average Bonchev–Trinajstić information content (AvgIpc) is 4.01. The summed E-state index contributed by atoms with van der Waals surface area (Å²) in [7, 11) is 0. The summed E-state index contributed by atoms with van der Waals surface area (Å²) in [6, 6.07) is 10.9. The van der Waals surface area contributed by atoms with Gasteiger partial charge in [-0.2, -0.15) is 25.2 Å². The topological polar surface area (TPSA) is 176 Å². The molecule has 0 aromatic carbocycles. The van der Waals surface area contributed by atoms with E-state index < -0.39 is 11.8 Å². The van der Waals surface area contributed by atoms with Gasteiger partial charge in [0.1, 0.15) is 29.7 Å². The first-order valence-corrected chi connectivity index (χ1v) is 20.2. The number of nitrogens with one attached hydrogen (secondary N) is 3. The van der Waals surface area contributed by atoms with E-state index in [-0.39, 0.29) is 50.9 Å². The van der Waals surface area contributed by atoms with E-state index in [1.54, 1.807) is 39.4 Å². The summed E-state index contributed by atoms with van der Waals surface area (Å²) in [5.74, 6) is -1.78. The van der Waals surface area contributed by atoms with Crippen molar-refractivity contribution in [1.29, 1.82) is 0 Å². The van der Waals surface area contributed by atoms with E-state index >= 15 is 0 Å². The third-order valence-electron chi connectivity index (χ3n) is 10.6. The summed E-state index contributed by atoms with van der Waals surface area (Å²) in [5.41, 5.74) is 4.67. The van der Waals surface area contributed by atoms with Crippen LogP contribution in [-0.4, -0.2) is 78.6 Å². The quantitative estimate of drug-likeness (QED) is 0.0870. The molecule has 2 aliphatic carbocycles. The van der Waals surface area contributed by atoms with Crippen LogP contribution in [0.25, 0.3) is 11.6 Å². The van der Waals surface area contributed by atoms with Crippen molar-refractivity contribution in [3.63, 3.8) is 0 Å². The lowest BCUT2D eigenvalue weighted by atomic mass is 9.92. The van der Waals surface area contributed by atoms with Gasteiger partial charge in [0.15, 0.2) is 11.6 Å². The van der Waals surface area contributed by atoms with Gasteiger partial charge in [-0.3, -0.25) is 0 Å². The molecule has 318 valence electrons. The smallest absolute Gasteiger partial charge is 0.248 e. The van der Waals surface area contributed by atoms with Gasteiger partial charge in [-0.05, 0) is 58.6 Å². The number of pyridine rings is 2. The highest BCUT2D eigenvalue weighted by atomic mass is 19.3. The number of rotatable bonds is 15. The molecule has 6 aromatic heterocycles. The Morgan fingerprint density at radius 3 is 2.02 bits per heavy atom. The van der Waals surface area contributed by atoms with Crippen LogP contribution in [0.2, 0.25) is 0 Å². The van der Waals surface area contributed by atoms with E-state index in [0.29, 0.717) is 90.8 Å². The van der Waals surface area contributed by atoms with Crippen LogP contribution in [0.4, 0.5) is 34.9 Å². The monoisotopic (exact) mass is 832 g/mol. The lowest BCUT2D eigenvalue weighted by Gasteiger charge is -2.29. The second kappa shape index (κ2) is 16.9. The third-order valence-corrected chi connectivity index (χ3v) is 10.6. The molecule has 20 heteroatoms. The number of ether oxygens (including phenoxy) is 1. The summed E-state index contributed by atoms with van der Waals surface area (Å²) < 4.78 is 70.8. The number of halogens is 4. The molecule has 0 bridgehead atoms. The second-order valence-corrected chi connectivity index (χ2v) is 15.8. The molecule has 6 heterocycles. The lowest BCUT2D eigenvalue weighted by Crippen LogP contribution is -2.32. The summed E-state index contributed by atoms with van der Waals surface area (Å²) in [6.07, 6.45) is 2.81. The maximum Gasteiger partial charge on any atom is 0.248 e. The average molecular weight is 833 g/mol. The number of nitrogens with zero attached hydrogens (tertiary/aromatic N) is 11. The zero-order valence-corrected chi connectivity index (χ0v) is 33.9. The minimum Gasteiger partial charge on any atom is -0.487 e. The number of hydrogen-bond acceptors (Lipinski definition) is 13. The molecule has 6 aromatic rings. The molecule has 0 aliphatic heterocycles. The van der Waals surface area contributed by atoms with Crippen LogP contribution in [-0.2, 0) is 26.1 Å². The van der Waals surface area contributed by atoms with Gasteiger partial charge in [0.05, 0.1) is 30.7 Å². The van der Waals surface area contributed by atoms with Crippen LogP contribution in [0.1, 0.15) is 91.6 Å². The van der Waals surface area contributed by atoms with Crippen molar-refractivity contribution in [2.24, 2.45) is 0 Å². The highest BCUT2D eigenvalue weighted by Crippen LogP contribution is 2.36. The Morgan fingerprint density at radius 2 is 1.38 bits per heavy atom. The summed E-state index contributed by atoms with van der Waals surface area (Å²) in [4.78, 5) is 11.2. The zero-order chi connectivity index (χ0) is 42.0. The third kappa shape index (κ3) is 10.2. The van der Waals surface area contributed by atoms with Crippen molar-refractivity contribution in [3.05, 3.63) is 82.8 Å². The van der Waals surface area contributed by atoms with Gasteiger partial charge in [-0.25, -0.2) is 36.9 Å². The Kier molecular flexibility index (Phi) is 11.4. The van der Waals surface area contributed by atoms with Gasteiger partial charge in [-0.1, -0.05) is 0 Å². The summed E-state index contributed by atoms with van der Waals surface area (Å²) >= 11 is 0. The van der Waals surface area contributed by atoms with Gasteiger partial charge in [0.25, 0.3) is 0 Å². The molecule has 2 aliphatic rings. The number of hydrogen-bond donors (Lipinski definition) is 3. The fourth-order valence-corrected chi connectivity index (χ4v) is 7.60. The van der Waals surface area contributed by atoms with Gasteiger partial charge >= 0.3 is 0 Å². The van der Waals surface area contributed by atoms with E-state index in [2.05, 4.69) is 41.4 Å². The standard InChI is InChI=1S/C40H48F4N14O2/c1-24-15-26(3)57(53-24)37-20-33(19-35(50-37)48-29-7-12-40(43,44)13-8-29)59-23-31-21-46-56(55-31)14-9-32-16-25(2)54-58(32)36-18-30(45-22-38-52-51-27(4)60-38)17-34(49-36)47-28-5-10-39(41,42)11-6-28/h15-21,28-29H,5-14,22-23H2,1-4H3,(H,48,50)(H2,45,47,49). The fourth-order valence-electron chi connectivity index (χ4n) is 7.60. The van der Waals surface area contributed by atoms with E-state index in [4.69, 9.17) is 24.2 Å². The van der Waals surface area contributed by atoms with Crippen molar-refractivity contribution >= 4 is 17.3 Å². The maximum atomic E-state index is 13.9. The first kappa shape index (κ1) is 40.7. The Labute approximate surface area is 343 Å². The molecule has 2 saturated carbocycles. The number of anilines is 3. The number of aryl methyl sites for hydroxylation is 6. The largest absolute Gasteiger partial charge is 0.487 e. The lowest BCUT2D eigenvalue weighted by molar-refractivity contribution is -0.0366. The van der Waals surface area contributed by atoms with Gasteiger partial charge in [-0.15, -0.1) is 10.2 Å². The molecule has 3 N–H and O–H groups in total. The minimum absolute atomic E-state index is 0.119. The van der Waals surface area contributed by atoms with Crippen molar-refractivity contribution in [1.82, 2.24) is 54.7 Å². The van der Waals surface area contributed by atoms with Crippen molar-refractivity contribution in [2.45, 2.75) is 129 Å². The van der Waals surface area contributed by atoms with Crippen LogP contribution < -0.4 is 20.7 Å². The molecule has 0 unspecified atom stereocenters. The molecule has 0 amide bonds. The maximum absolute atomic E-state index is 13.9. The molecule has 0 atom stereocenters. The molecule has 60 heavy (non-hydrogen) atoms. The van der Waals surface area contributed by atoms with Gasteiger partial charge < -0.3 is 25.1 Å². The minimum atomic E-state index is -2.64. The molecule has 8 rings (SSSR count). The molecule has 0 radical (unpaired) electrons. The van der Waals surface area contributed by atoms with Crippen molar-refractivity contribution in [3.8, 4) is 17.4 Å². The highest BCUT2D eigenvalue weighted by molar-refractivity contribution is 5.57. The van der Waals surface area contributed by atoms with Crippen LogP contribution in [0.3, 0.4) is 0 Å². The summed E-state index contributed by atoms with van der Waals surface area (Å²) in [6.45, 7) is 8.27. The Hall–Kier alpha value is -6.08. The van der Waals surface area contributed by atoms with E-state index in [1.807, 2.05) is 45.0 Å². The fraction of sp³-hybridized carbons (Fsp3) is 0.500. The summed E-state index contributed by atoms with van der Waals surface area (Å²) in [5, 5.41) is 36.5. The Balaban J connectivity index is 0.954. The predicted molar refractivity (Wildman–Crippen MR) is 213 cm³/mol. The second-order valence-electron chi connectivity index (χ2n) is 15.8. The van der Waals surface area contributed by atoms with E-state index in [0.717, 1.165) is 22.8 Å². The van der Waals surface area contributed by atoms with Gasteiger partial charge in [0.2, 0.25) is 23.6 Å². The first-order valence-electron chi connectivity index (χ1n) is 20.2. The van der Waals surface area contributed by atoms with Crippen molar-refractivity contribution < 1.29 is 26.7 Å². The van der Waals surface area contributed by atoms with Crippen LogP contribution in [0, 0.1) is 27.7 Å². The highest BCUT2D eigenvalue weighted by Gasteiger charge is 2.36. The van der Waals surface area contributed by atoms with Gasteiger partial charge in [0, 0.05) is 92.5 Å². The van der Waals surface area contributed by atoms with E-state index in [9.17, 15) is 17.6 Å². The number of aromatic nitrogens is 11.